The van der Waals surface area contributed by atoms with Crippen LogP contribution in [0.2, 0.25) is 0 Å². The Labute approximate surface area is 125 Å². The molecule has 0 saturated heterocycles. The Morgan fingerprint density at radius 1 is 0.941 bits per heavy atom. The highest BCUT2D eigenvalue weighted by molar-refractivity contribution is 14.1. The van der Waals surface area contributed by atoms with E-state index in [1.165, 1.54) is 14.7 Å². The highest BCUT2D eigenvalue weighted by Crippen LogP contribution is 2.63. The van der Waals surface area contributed by atoms with E-state index in [-0.39, 0.29) is 10.8 Å². The fourth-order valence-electron chi connectivity index (χ4n) is 3.87. The highest BCUT2D eigenvalue weighted by Gasteiger charge is 2.59. The van der Waals surface area contributed by atoms with Crippen LogP contribution in [-0.4, -0.2) is 10.8 Å². The minimum absolute atomic E-state index is 0.142. The summed E-state index contributed by atoms with van der Waals surface area (Å²) in [6.07, 6.45) is 4.71. The molecule has 0 heterocycles. The normalized spacial score (nSPS) is 45.1. The first-order valence-electron chi connectivity index (χ1n) is 5.95. The van der Waals surface area contributed by atoms with Gasteiger partial charge in [0.15, 0.2) is 0 Å². The molecular formula is C14H11Cl2I. The van der Waals surface area contributed by atoms with Gasteiger partial charge in [0.2, 0.25) is 0 Å². The summed E-state index contributed by atoms with van der Waals surface area (Å²) in [5.74, 6) is 2.09. The first-order chi connectivity index (χ1) is 8.20. The molecule has 88 valence electrons. The van der Waals surface area contributed by atoms with Crippen molar-refractivity contribution in [3.05, 3.63) is 45.0 Å². The van der Waals surface area contributed by atoms with Crippen molar-refractivity contribution in [3.63, 3.8) is 0 Å². The second-order valence-corrected chi connectivity index (χ2v) is 7.39. The van der Waals surface area contributed by atoms with Crippen molar-refractivity contribution in [2.75, 3.05) is 0 Å². The third-order valence-electron chi connectivity index (χ3n) is 4.62. The van der Waals surface area contributed by atoms with Gasteiger partial charge in [-0.25, -0.2) is 0 Å². The second kappa shape index (κ2) is 3.64. The van der Waals surface area contributed by atoms with Gasteiger partial charge in [-0.15, -0.1) is 23.2 Å². The van der Waals surface area contributed by atoms with E-state index in [9.17, 15) is 0 Å². The van der Waals surface area contributed by atoms with Crippen LogP contribution in [0.5, 0.6) is 0 Å². The monoisotopic (exact) mass is 376 g/mol. The summed E-state index contributed by atoms with van der Waals surface area (Å²) in [6, 6.07) is 6.62. The van der Waals surface area contributed by atoms with Gasteiger partial charge in [0.25, 0.3) is 0 Å². The van der Waals surface area contributed by atoms with Crippen molar-refractivity contribution >= 4 is 45.8 Å². The van der Waals surface area contributed by atoms with E-state index in [4.69, 9.17) is 23.2 Å². The van der Waals surface area contributed by atoms with Crippen LogP contribution in [0.25, 0.3) is 0 Å². The van der Waals surface area contributed by atoms with Crippen LogP contribution in [-0.2, 0) is 0 Å². The molecular weight excluding hydrogens is 366 g/mol. The molecule has 0 radical (unpaired) electrons. The zero-order valence-electron chi connectivity index (χ0n) is 8.98. The Kier molecular flexibility index (Phi) is 2.38. The van der Waals surface area contributed by atoms with Gasteiger partial charge < -0.3 is 0 Å². The second-order valence-electron chi connectivity index (χ2n) is 5.22. The van der Waals surface area contributed by atoms with Crippen LogP contribution in [0.3, 0.4) is 0 Å². The minimum Gasteiger partial charge on any atom is -0.121 e. The molecule has 6 atom stereocenters. The van der Waals surface area contributed by atoms with Crippen LogP contribution >= 0.6 is 45.8 Å². The number of halogens is 3. The third kappa shape index (κ3) is 1.26. The van der Waals surface area contributed by atoms with Crippen molar-refractivity contribution in [1.82, 2.24) is 0 Å². The van der Waals surface area contributed by atoms with E-state index in [1.807, 2.05) is 0 Å². The van der Waals surface area contributed by atoms with Gasteiger partial charge in [0.1, 0.15) is 0 Å². The molecule has 17 heavy (non-hydrogen) atoms. The Bertz CT molecular complexity index is 525. The number of allylic oxidation sites excluding steroid dienone is 2. The predicted molar refractivity (Wildman–Crippen MR) is 80.0 cm³/mol. The van der Waals surface area contributed by atoms with Gasteiger partial charge in [-0.2, -0.15) is 0 Å². The summed E-state index contributed by atoms with van der Waals surface area (Å²) in [5.41, 5.74) is 3.00. The minimum atomic E-state index is 0.142. The van der Waals surface area contributed by atoms with Crippen LogP contribution in [0.1, 0.15) is 23.0 Å². The lowest BCUT2D eigenvalue weighted by atomic mass is 9.51. The highest BCUT2D eigenvalue weighted by atomic mass is 127. The first kappa shape index (κ1) is 11.1. The standard InChI is InChI=1S/C14H11Cl2I/c15-13-11-7-4-5-8(12(11)14(13)16)10-6(7)2-1-3-9(10)17/h1-5,7-8,11-14H/t7-,8-,11-,12-,13-,14+/m0/s1. The molecule has 1 saturated carbocycles. The lowest BCUT2D eigenvalue weighted by Gasteiger charge is -2.58. The van der Waals surface area contributed by atoms with E-state index in [0.29, 0.717) is 23.7 Å². The van der Waals surface area contributed by atoms with E-state index in [1.54, 1.807) is 0 Å². The number of hydrogen-bond donors (Lipinski definition) is 0. The molecule has 0 amide bonds. The van der Waals surface area contributed by atoms with Crippen molar-refractivity contribution in [1.29, 1.82) is 0 Å². The van der Waals surface area contributed by atoms with Crippen molar-refractivity contribution in [3.8, 4) is 0 Å². The molecule has 1 aromatic carbocycles. The fraction of sp³-hybridized carbons (Fsp3) is 0.429. The van der Waals surface area contributed by atoms with Crippen LogP contribution < -0.4 is 0 Å². The maximum absolute atomic E-state index is 6.42. The topological polar surface area (TPSA) is 0 Å². The van der Waals surface area contributed by atoms with Gasteiger partial charge in [-0.3, -0.25) is 0 Å². The third-order valence-corrected chi connectivity index (χ3v) is 6.81. The molecule has 4 aliphatic rings. The SMILES string of the molecule is Cl[C@@H]1[C@H](Cl)[C@@H]2[C@@H]1[C@H]1C=C[C@H]2c2c(I)cccc21. The van der Waals surface area contributed by atoms with E-state index < -0.39 is 0 Å². The summed E-state index contributed by atoms with van der Waals surface area (Å²) < 4.78 is 1.37. The molecule has 0 aromatic heterocycles. The number of alkyl halides is 2. The predicted octanol–water partition coefficient (Wildman–Crippen LogP) is 4.50. The van der Waals surface area contributed by atoms with Crippen molar-refractivity contribution < 1.29 is 0 Å². The van der Waals surface area contributed by atoms with Crippen LogP contribution in [0.4, 0.5) is 0 Å². The molecule has 3 heteroatoms. The Morgan fingerprint density at radius 2 is 1.59 bits per heavy atom. The van der Waals surface area contributed by atoms with Crippen molar-refractivity contribution in [2.45, 2.75) is 22.6 Å². The molecule has 2 bridgehead atoms. The fourth-order valence-corrected chi connectivity index (χ4v) is 5.73. The quantitative estimate of drug-likeness (QED) is 0.355. The summed E-state index contributed by atoms with van der Waals surface area (Å²) in [7, 11) is 0. The van der Waals surface area contributed by atoms with Gasteiger partial charge in [0.05, 0.1) is 10.8 Å². The lowest BCUT2D eigenvalue weighted by molar-refractivity contribution is 0.129. The number of hydrogen-bond acceptors (Lipinski definition) is 0. The van der Waals surface area contributed by atoms with E-state index >= 15 is 0 Å². The number of benzene rings is 1. The Hall–Kier alpha value is 0.270. The Balaban J connectivity index is 1.93. The largest absolute Gasteiger partial charge is 0.121 e. The van der Waals surface area contributed by atoms with E-state index in [0.717, 1.165) is 0 Å². The summed E-state index contributed by atoms with van der Waals surface area (Å²) in [6.45, 7) is 0. The molecule has 0 aliphatic heterocycles. The van der Waals surface area contributed by atoms with Gasteiger partial charge in [0, 0.05) is 15.4 Å². The summed E-state index contributed by atoms with van der Waals surface area (Å²) in [5, 5.41) is 0.286. The van der Waals surface area contributed by atoms with Gasteiger partial charge >= 0.3 is 0 Å². The van der Waals surface area contributed by atoms with Gasteiger partial charge in [-0.1, -0.05) is 24.3 Å². The summed E-state index contributed by atoms with van der Waals surface area (Å²) >= 11 is 15.3. The smallest absolute Gasteiger partial charge is 0.0543 e. The average Bonchev–Trinajstić information content (AvgIpc) is 2.37. The molecule has 0 spiro atoms. The average molecular weight is 377 g/mol. The van der Waals surface area contributed by atoms with Gasteiger partial charge in [-0.05, 0) is 51.6 Å². The summed E-state index contributed by atoms with van der Waals surface area (Å²) in [4.78, 5) is 0. The molecule has 0 unspecified atom stereocenters. The zero-order valence-corrected chi connectivity index (χ0v) is 12.7. The maximum Gasteiger partial charge on any atom is 0.0543 e. The molecule has 0 N–H and O–H groups in total. The first-order valence-corrected chi connectivity index (χ1v) is 7.90. The van der Waals surface area contributed by atoms with E-state index in [2.05, 4.69) is 52.9 Å². The molecule has 1 aromatic rings. The van der Waals surface area contributed by atoms with Crippen LogP contribution in [0.15, 0.2) is 30.4 Å². The number of rotatable bonds is 0. The molecule has 0 nitrogen and oxygen atoms in total. The molecule has 4 aliphatic carbocycles. The molecule has 5 rings (SSSR count). The molecule has 1 fully saturated rings. The maximum atomic E-state index is 6.42. The Morgan fingerprint density at radius 3 is 2.35 bits per heavy atom. The lowest BCUT2D eigenvalue weighted by Crippen LogP contribution is -2.57. The zero-order chi connectivity index (χ0) is 11.7. The van der Waals surface area contributed by atoms with Crippen LogP contribution in [0, 0.1) is 15.4 Å². The van der Waals surface area contributed by atoms with Crippen molar-refractivity contribution in [2.24, 2.45) is 11.8 Å².